The van der Waals surface area contributed by atoms with Crippen LogP contribution in [0.15, 0.2) is 5.34 Å². The number of quaternary nitrogens is 1. The van der Waals surface area contributed by atoms with Gasteiger partial charge < -0.3 is 16.3 Å². The number of hydrogen-bond donors (Lipinski definition) is 1. The van der Waals surface area contributed by atoms with Crippen molar-refractivity contribution >= 4 is 0 Å². The molecule has 0 aromatic rings. The van der Waals surface area contributed by atoms with Gasteiger partial charge in [0, 0.05) is 0 Å². The van der Waals surface area contributed by atoms with E-state index in [-0.39, 0.29) is 25.6 Å². The zero-order valence-corrected chi connectivity index (χ0v) is 5.94. The smallest absolute Gasteiger partial charge is 0.444 e. The molecule has 0 atom stereocenters. The van der Waals surface area contributed by atoms with Crippen molar-refractivity contribution in [3.63, 3.8) is 0 Å². The van der Waals surface area contributed by atoms with Gasteiger partial charge >= 0.3 is 19.5 Å². The Labute approximate surface area is 41.8 Å². The topological polar surface area (TPSA) is 89.0 Å². The van der Waals surface area contributed by atoms with Crippen LogP contribution in [0.4, 0.5) is 0 Å². The molecule has 26 valence electrons. The molecule has 5 heteroatoms. The third-order valence-corrected chi connectivity index (χ3v) is 0. The summed E-state index contributed by atoms with van der Waals surface area (Å²) in [5.41, 5.74) is 0. The van der Waals surface area contributed by atoms with E-state index in [1.165, 1.54) is 0 Å². The molecule has 0 bridgehead atoms. The fourth-order valence-corrected chi connectivity index (χ4v) is 0. The predicted molar refractivity (Wildman–Crippen MR) is 15.1 cm³/mol. The van der Waals surface area contributed by atoms with Gasteiger partial charge in [0.1, 0.15) is 0 Å². The molecule has 0 aliphatic rings. The normalized spacial score (nSPS) is 2.40. The summed E-state index contributed by atoms with van der Waals surface area (Å²) in [7, 11) is 0. The van der Waals surface area contributed by atoms with E-state index in [9.17, 15) is 0 Å². The standard InChI is InChI=1S/HNO2.H3N.Zn/c2-1-3;;/h(H,2,3);1H3;/q;;+2. The molecule has 0 unspecified atom stereocenters. The van der Waals surface area contributed by atoms with E-state index >= 15 is 0 Å². The molecular formula is H4N2O2Zn+2. The zero-order chi connectivity index (χ0) is 2.71. The minimum Gasteiger partial charge on any atom is -0.444 e. The molecule has 0 radical (unpaired) electrons. The van der Waals surface area contributed by atoms with Crippen LogP contribution in [0.2, 0.25) is 0 Å². The van der Waals surface area contributed by atoms with Gasteiger partial charge in [0.05, 0.1) is 0 Å². The van der Waals surface area contributed by atoms with Crippen molar-refractivity contribution in [2.45, 2.75) is 0 Å². The molecule has 0 aliphatic carbocycles. The molecule has 0 spiro atoms. The molecule has 4 nitrogen and oxygen atoms in total. The second-order valence-electron chi connectivity index (χ2n) is 0.0745. The third-order valence-electron chi connectivity index (χ3n) is 0. The van der Waals surface area contributed by atoms with Crippen LogP contribution in [0, 0.1) is 10.1 Å². The first-order chi connectivity index (χ1) is 1.41. The van der Waals surface area contributed by atoms with Crippen LogP contribution in [0.3, 0.4) is 0 Å². The molecule has 0 rings (SSSR count). The van der Waals surface area contributed by atoms with Crippen molar-refractivity contribution in [3.05, 3.63) is 10.1 Å². The van der Waals surface area contributed by atoms with Crippen LogP contribution < -0.4 is 6.15 Å². The van der Waals surface area contributed by atoms with E-state index in [0.29, 0.717) is 0 Å². The average Bonchev–Trinajstić information content (AvgIpc) is 0.918. The molecule has 0 amide bonds. The van der Waals surface area contributed by atoms with Gasteiger partial charge in [0.2, 0.25) is 0 Å². The van der Waals surface area contributed by atoms with Gasteiger partial charge in [0.25, 0.3) is 0 Å². The molecule has 0 aliphatic heterocycles. The molecule has 4 N–H and O–H groups in total. The Kier molecular flexibility index (Phi) is 147. The van der Waals surface area contributed by atoms with Crippen LogP contribution in [-0.2, 0) is 19.5 Å². The molecule has 0 saturated carbocycles. The fraction of sp³-hybridized carbons (Fsp3) is 0. The molecular weight excluding hydrogens is 125 g/mol. The molecule has 0 saturated heterocycles. The summed E-state index contributed by atoms with van der Waals surface area (Å²) in [6.07, 6.45) is 0. The molecule has 5 heavy (non-hydrogen) atoms. The van der Waals surface area contributed by atoms with E-state index in [2.05, 4.69) is 0 Å². The Morgan fingerprint density at radius 1 is 1.60 bits per heavy atom. The number of hydrogen-bond acceptors (Lipinski definition) is 3. The van der Waals surface area contributed by atoms with Crippen molar-refractivity contribution in [2.24, 2.45) is 5.34 Å². The molecule has 0 aromatic carbocycles. The first kappa shape index (κ1) is 20.1. The van der Waals surface area contributed by atoms with Gasteiger partial charge in [-0.1, -0.05) is 0 Å². The van der Waals surface area contributed by atoms with E-state index in [0.717, 1.165) is 5.34 Å². The van der Waals surface area contributed by atoms with E-state index in [1.807, 2.05) is 0 Å². The Balaban J connectivity index is -0.0000000200. The van der Waals surface area contributed by atoms with Crippen molar-refractivity contribution in [1.29, 1.82) is 0 Å². The summed E-state index contributed by atoms with van der Waals surface area (Å²) in [6.45, 7) is 0. The Morgan fingerprint density at radius 3 is 1.60 bits per heavy atom. The monoisotopic (exact) mass is 128 g/mol. The summed E-state index contributed by atoms with van der Waals surface area (Å²) in [5, 5.41) is 9.00. The first-order valence-corrected chi connectivity index (χ1v) is 0.365. The van der Waals surface area contributed by atoms with Crippen LogP contribution in [0.5, 0.6) is 0 Å². The number of rotatable bonds is 0. The first-order valence-electron chi connectivity index (χ1n) is 0.365. The molecule has 0 fully saturated rings. The average molecular weight is 129 g/mol. The quantitative estimate of drug-likeness (QED) is 0.295. The summed E-state index contributed by atoms with van der Waals surface area (Å²) >= 11 is 0. The maximum atomic E-state index is 8.00. The van der Waals surface area contributed by atoms with Crippen molar-refractivity contribution < 1.29 is 19.5 Å². The second-order valence-corrected chi connectivity index (χ2v) is 0.0745. The van der Waals surface area contributed by atoms with Crippen LogP contribution >= 0.6 is 0 Å². The van der Waals surface area contributed by atoms with Gasteiger partial charge in [-0.15, -0.1) is 5.34 Å². The van der Waals surface area contributed by atoms with Gasteiger partial charge in [0.15, 0.2) is 0 Å². The van der Waals surface area contributed by atoms with Gasteiger partial charge in [-0.3, -0.25) is 0 Å². The van der Waals surface area contributed by atoms with Crippen LogP contribution in [-0.4, -0.2) is 0 Å². The summed E-state index contributed by atoms with van der Waals surface area (Å²) in [4.78, 5) is 8.00. The van der Waals surface area contributed by atoms with Crippen molar-refractivity contribution in [1.82, 2.24) is 6.15 Å². The fourth-order valence-electron chi connectivity index (χ4n) is 0. The maximum absolute atomic E-state index is 8.00. The Morgan fingerprint density at radius 2 is 1.60 bits per heavy atom. The van der Waals surface area contributed by atoms with Gasteiger partial charge in [-0.05, 0) is 0 Å². The van der Waals surface area contributed by atoms with E-state index in [4.69, 9.17) is 10.1 Å². The summed E-state index contributed by atoms with van der Waals surface area (Å²) in [6, 6.07) is 0. The maximum Gasteiger partial charge on any atom is 2.00 e. The van der Waals surface area contributed by atoms with Crippen LogP contribution in [0.25, 0.3) is 0 Å². The summed E-state index contributed by atoms with van der Waals surface area (Å²) < 4.78 is 0. The van der Waals surface area contributed by atoms with Gasteiger partial charge in [-0.2, -0.15) is 0 Å². The Hall–Kier alpha value is -0.0166. The number of nitrogens with zero attached hydrogens (tertiary/aromatic N) is 1. The SMILES string of the molecule is O=N[O-].[NH4+].[Zn+2]. The van der Waals surface area contributed by atoms with E-state index in [1.54, 1.807) is 0 Å². The van der Waals surface area contributed by atoms with Crippen LogP contribution in [0.1, 0.15) is 0 Å². The van der Waals surface area contributed by atoms with Gasteiger partial charge in [-0.25, -0.2) is 0 Å². The second kappa shape index (κ2) is 36.7. The third kappa shape index (κ3) is 56700. The minimum absolute atomic E-state index is 0. The largest absolute Gasteiger partial charge is 2.00 e. The molecule has 0 heterocycles. The van der Waals surface area contributed by atoms with Crippen molar-refractivity contribution in [2.75, 3.05) is 0 Å². The molecule has 0 aromatic heterocycles. The Bertz CT molecular complexity index is 15.1. The predicted octanol–water partition coefficient (Wildman–Crippen LogP) is 0.624. The zero-order valence-electron chi connectivity index (χ0n) is 2.97. The summed E-state index contributed by atoms with van der Waals surface area (Å²) in [5.74, 6) is 0. The van der Waals surface area contributed by atoms with E-state index < -0.39 is 0 Å². The van der Waals surface area contributed by atoms with Crippen molar-refractivity contribution in [3.8, 4) is 0 Å². The minimum atomic E-state index is 0.